The highest BCUT2D eigenvalue weighted by Crippen LogP contribution is 2.46. The Morgan fingerprint density at radius 3 is 1.93 bits per heavy atom. The zero-order valence-corrected chi connectivity index (χ0v) is 18.8. The van der Waals surface area contributed by atoms with E-state index in [4.69, 9.17) is 0 Å². The maximum atomic E-state index is 2.44. The molecule has 0 N–H and O–H groups in total. The predicted octanol–water partition coefficient (Wildman–Crippen LogP) is 9.70. The summed E-state index contributed by atoms with van der Waals surface area (Å²) in [7, 11) is 0. The van der Waals surface area contributed by atoms with Crippen LogP contribution in [0.5, 0.6) is 0 Å². The maximum absolute atomic E-state index is 2.44. The predicted molar refractivity (Wildman–Crippen MR) is 138 cm³/mol. The monoisotopic (exact) mass is 424 g/mol. The van der Waals surface area contributed by atoms with Crippen LogP contribution in [0, 0.1) is 0 Å². The van der Waals surface area contributed by atoms with Crippen molar-refractivity contribution < 1.29 is 0 Å². The highest BCUT2D eigenvalue weighted by Gasteiger charge is 2.14. The number of fused-ring (bicyclic) bond motifs is 7. The third-order valence-electron chi connectivity index (χ3n) is 6.29. The van der Waals surface area contributed by atoms with Crippen molar-refractivity contribution in [3.8, 4) is 0 Å². The minimum absolute atomic E-state index is 1.20. The van der Waals surface area contributed by atoms with Crippen LogP contribution < -0.4 is 0 Å². The van der Waals surface area contributed by atoms with E-state index in [1.54, 1.807) is 0 Å². The Morgan fingerprint density at radius 2 is 1.23 bits per heavy atom. The molecule has 4 aromatic carbocycles. The van der Waals surface area contributed by atoms with Gasteiger partial charge >= 0.3 is 0 Å². The second-order valence-corrected chi connectivity index (χ2v) is 10.5. The molecular formula is C28H24S2. The Bertz CT molecular complexity index is 1530. The summed E-state index contributed by atoms with van der Waals surface area (Å²) in [5, 5.41) is 8.26. The molecule has 6 rings (SSSR count). The number of hydrogen-bond donors (Lipinski definition) is 0. The highest BCUT2D eigenvalue weighted by atomic mass is 32.1. The molecule has 148 valence electrons. The van der Waals surface area contributed by atoms with E-state index in [1.807, 2.05) is 22.7 Å². The first-order chi connectivity index (χ1) is 14.8. The van der Waals surface area contributed by atoms with Gasteiger partial charge in [-0.05, 0) is 64.2 Å². The van der Waals surface area contributed by atoms with Crippen LogP contribution in [-0.4, -0.2) is 0 Å². The Balaban J connectivity index is 1.50. The van der Waals surface area contributed by atoms with E-state index >= 15 is 0 Å². The van der Waals surface area contributed by atoms with Crippen molar-refractivity contribution in [3.05, 3.63) is 72.3 Å². The van der Waals surface area contributed by atoms with Gasteiger partial charge in [0.05, 0.1) is 9.40 Å². The standard InChI is InChI=1S/C28H24S2/c1-2-3-4-5-8-18-11-12-21-17-26-24(15-22(21)13-18)28-27(30-26)23-14-19-9-6-7-10-20(19)16-25(23)29-28/h6-7,9-17H,2-5,8H2,1H3. The van der Waals surface area contributed by atoms with E-state index in [0.717, 1.165) is 0 Å². The molecule has 30 heavy (non-hydrogen) atoms. The van der Waals surface area contributed by atoms with Crippen molar-refractivity contribution in [2.75, 3.05) is 0 Å². The number of unbranched alkanes of at least 4 members (excludes halogenated alkanes) is 3. The summed E-state index contributed by atoms with van der Waals surface area (Å²) in [5.74, 6) is 0. The lowest BCUT2D eigenvalue weighted by molar-refractivity contribution is 0.667. The summed E-state index contributed by atoms with van der Waals surface area (Å²) in [4.78, 5) is 0. The molecule has 2 heterocycles. The van der Waals surface area contributed by atoms with Crippen molar-refractivity contribution in [2.24, 2.45) is 0 Å². The fourth-order valence-electron chi connectivity index (χ4n) is 4.65. The first-order valence-electron chi connectivity index (χ1n) is 11.0. The average molecular weight is 425 g/mol. The molecule has 0 bridgehead atoms. The van der Waals surface area contributed by atoms with E-state index in [9.17, 15) is 0 Å². The maximum Gasteiger partial charge on any atom is 0.0542 e. The van der Waals surface area contributed by atoms with Gasteiger partial charge in [-0.1, -0.05) is 68.7 Å². The van der Waals surface area contributed by atoms with Crippen LogP contribution in [0.1, 0.15) is 38.2 Å². The van der Waals surface area contributed by atoms with Gasteiger partial charge < -0.3 is 0 Å². The highest BCUT2D eigenvalue weighted by molar-refractivity contribution is 7.36. The van der Waals surface area contributed by atoms with Crippen LogP contribution in [-0.2, 0) is 6.42 Å². The lowest BCUT2D eigenvalue weighted by atomic mass is 10.0. The summed E-state index contributed by atoms with van der Waals surface area (Å²) in [6.45, 7) is 2.28. The van der Waals surface area contributed by atoms with Crippen LogP contribution in [0.2, 0.25) is 0 Å². The molecule has 0 aliphatic heterocycles. The van der Waals surface area contributed by atoms with Gasteiger partial charge in [0.1, 0.15) is 0 Å². The SMILES string of the molecule is CCCCCCc1ccc2cc3sc4c5cc6ccccc6cc5sc4c3cc2c1. The summed E-state index contributed by atoms with van der Waals surface area (Å²) in [5.41, 5.74) is 1.48. The Hall–Kier alpha value is -2.42. The van der Waals surface area contributed by atoms with E-state index in [0.29, 0.717) is 0 Å². The van der Waals surface area contributed by atoms with Gasteiger partial charge in [0.15, 0.2) is 0 Å². The number of aryl methyl sites for hydroxylation is 1. The van der Waals surface area contributed by atoms with E-state index in [1.165, 1.54) is 88.8 Å². The molecule has 6 aromatic rings. The minimum Gasteiger partial charge on any atom is -0.134 e. The summed E-state index contributed by atoms with van der Waals surface area (Å²) in [6.07, 6.45) is 6.49. The molecule has 0 atom stereocenters. The van der Waals surface area contributed by atoms with Crippen LogP contribution in [0.15, 0.2) is 66.7 Å². The molecule has 0 unspecified atom stereocenters. The fraction of sp³-hybridized carbons (Fsp3) is 0.214. The Kier molecular flexibility index (Phi) is 4.51. The molecule has 0 fully saturated rings. The van der Waals surface area contributed by atoms with Crippen LogP contribution in [0.4, 0.5) is 0 Å². The lowest BCUT2D eigenvalue weighted by Crippen LogP contribution is -1.86. The molecule has 0 amide bonds. The molecule has 0 aliphatic carbocycles. The van der Waals surface area contributed by atoms with Gasteiger partial charge in [-0.15, -0.1) is 22.7 Å². The summed E-state index contributed by atoms with van der Waals surface area (Å²) in [6, 6.07) is 25.4. The molecule has 2 heteroatoms. The first-order valence-corrected chi connectivity index (χ1v) is 12.6. The zero-order valence-electron chi connectivity index (χ0n) is 17.2. The van der Waals surface area contributed by atoms with Crippen molar-refractivity contribution in [1.29, 1.82) is 0 Å². The van der Waals surface area contributed by atoms with Gasteiger partial charge in [0.25, 0.3) is 0 Å². The van der Waals surface area contributed by atoms with Gasteiger partial charge in [-0.2, -0.15) is 0 Å². The molecule has 2 aromatic heterocycles. The van der Waals surface area contributed by atoms with Crippen LogP contribution in [0.3, 0.4) is 0 Å². The van der Waals surface area contributed by atoms with E-state index in [2.05, 4.69) is 73.7 Å². The number of rotatable bonds is 5. The summed E-state index contributed by atoms with van der Waals surface area (Å²) >= 11 is 3.91. The topological polar surface area (TPSA) is 0 Å². The van der Waals surface area contributed by atoms with Crippen molar-refractivity contribution in [1.82, 2.24) is 0 Å². The molecule has 0 radical (unpaired) electrons. The molecule has 0 aliphatic rings. The second-order valence-electron chi connectivity index (χ2n) is 8.40. The molecule has 0 spiro atoms. The van der Waals surface area contributed by atoms with Gasteiger partial charge in [0, 0.05) is 20.2 Å². The van der Waals surface area contributed by atoms with Gasteiger partial charge in [-0.3, -0.25) is 0 Å². The lowest BCUT2D eigenvalue weighted by Gasteiger charge is -2.05. The van der Waals surface area contributed by atoms with Crippen molar-refractivity contribution in [2.45, 2.75) is 39.0 Å². The molecular weight excluding hydrogens is 400 g/mol. The average Bonchev–Trinajstić information content (AvgIpc) is 3.29. The van der Waals surface area contributed by atoms with Crippen LogP contribution >= 0.6 is 22.7 Å². The third kappa shape index (κ3) is 3.02. The smallest absolute Gasteiger partial charge is 0.0542 e. The largest absolute Gasteiger partial charge is 0.134 e. The van der Waals surface area contributed by atoms with E-state index < -0.39 is 0 Å². The molecule has 0 saturated heterocycles. The third-order valence-corrected chi connectivity index (χ3v) is 8.79. The molecule has 0 saturated carbocycles. The normalized spacial score (nSPS) is 12.2. The Labute approximate surface area is 184 Å². The number of benzene rings is 4. The number of thiophene rings is 2. The molecule has 0 nitrogen and oxygen atoms in total. The fourth-order valence-corrected chi connectivity index (χ4v) is 7.34. The van der Waals surface area contributed by atoms with Gasteiger partial charge in [-0.25, -0.2) is 0 Å². The minimum atomic E-state index is 1.20. The summed E-state index contributed by atoms with van der Waals surface area (Å²) < 4.78 is 5.72. The second kappa shape index (κ2) is 7.37. The zero-order chi connectivity index (χ0) is 20.1. The quantitative estimate of drug-likeness (QED) is 0.242. The van der Waals surface area contributed by atoms with Gasteiger partial charge in [0.2, 0.25) is 0 Å². The van der Waals surface area contributed by atoms with Crippen molar-refractivity contribution in [3.63, 3.8) is 0 Å². The van der Waals surface area contributed by atoms with Crippen molar-refractivity contribution >= 4 is 73.8 Å². The Morgan fingerprint density at radius 1 is 0.600 bits per heavy atom. The first kappa shape index (κ1) is 18.4. The van der Waals surface area contributed by atoms with E-state index in [-0.39, 0.29) is 0 Å². The number of hydrogen-bond acceptors (Lipinski definition) is 2. The van der Waals surface area contributed by atoms with Crippen LogP contribution in [0.25, 0.3) is 51.1 Å².